The van der Waals surface area contributed by atoms with Crippen LogP contribution in [0.15, 0.2) is 0 Å². The average Bonchev–Trinajstić information content (AvgIpc) is 2.32. The predicted octanol–water partition coefficient (Wildman–Crippen LogP) is 2.11. The van der Waals surface area contributed by atoms with Crippen molar-refractivity contribution in [2.45, 2.75) is 12.7 Å². The summed E-state index contributed by atoms with van der Waals surface area (Å²) in [4.78, 5) is 0. The summed E-state index contributed by atoms with van der Waals surface area (Å²) in [5, 5.41) is 0. The number of rotatable bonds is 12. The van der Waals surface area contributed by atoms with Crippen molar-refractivity contribution >= 4 is 0 Å². The van der Waals surface area contributed by atoms with Crippen LogP contribution >= 0.6 is 0 Å². The molecule has 0 unspecified atom stereocenters. The summed E-state index contributed by atoms with van der Waals surface area (Å²) in [5.41, 5.74) is 0. The van der Waals surface area contributed by atoms with Crippen LogP contribution in [0.3, 0.4) is 0 Å². The molecular formula is C10H16F6O5. The van der Waals surface area contributed by atoms with Gasteiger partial charge in [-0.3, -0.25) is 9.47 Å². The Morgan fingerprint density at radius 3 is 0.905 bits per heavy atom. The maximum Gasteiger partial charge on any atom is 0.522 e. The van der Waals surface area contributed by atoms with E-state index in [4.69, 9.17) is 14.2 Å². The third-order valence-electron chi connectivity index (χ3n) is 1.73. The second kappa shape index (κ2) is 11.0. The summed E-state index contributed by atoms with van der Waals surface area (Å²) >= 11 is 0. The zero-order valence-corrected chi connectivity index (χ0v) is 11.0. The van der Waals surface area contributed by atoms with Crippen molar-refractivity contribution in [3.05, 3.63) is 0 Å². The number of ether oxygens (including phenoxy) is 5. The van der Waals surface area contributed by atoms with Crippen LogP contribution in [0.25, 0.3) is 0 Å². The molecule has 0 radical (unpaired) electrons. The zero-order chi connectivity index (χ0) is 16.2. The molecule has 0 saturated carbocycles. The van der Waals surface area contributed by atoms with Crippen LogP contribution < -0.4 is 0 Å². The largest absolute Gasteiger partial charge is 0.522 e. The summed E-state index contributed by atoms with van der Waals surface area (Å²) in [5.74, 6) is 0. The topological polar surface area (TPSA) is 46.2 Å². The molecule has 21 heavy (non-hydrogen) atoms. The molecule has 0 fully saturated rings. The van der Waals surface area contributed by atoms with Gasteiger partial charge in [0.2, 0.25) is 0 Å². The van der Waals surface area contributed by atoms with E-state index < -0.39 is 25.9 Å². The third kappa shape index (κ3) is 19.4. The Bertz CT molecular complexity index is 221. The van der Waals surface area contributed by atoms with Gasteiger partial charge in [-0.1, -0.05) is 0 Å². The van der Waals surface area contributed by atoms with Crippen LogP contribution in [-0.4, -0.2) is 65.6 Å². The molecule has 0 spiro atoms. The van der Waals surface area contributed by atoms with Gasteiger partial charge in [0.25, 0.3) is 0 Å². The zero-order valence-electron chi connectivity index (χ0n) is 11.0. The van der Waals surface area contributed by atoms with E-state index in [0.717, 1.165) is 0 Å². The van der Waals surface area contributed by atoms with E-state index in [1.54, 1.807) is 0 Å². The first-order valence-corrected chi connectivity index (χ1v) is 5.85. The van der Waals surface area contributed by atoms with Gasteiger partial charge in [0, 0.05) is 0 Å². The molecule has 0 amide bonds. The van der Waals surface area contributed by atoms with Crippen molar-refractivity contribution in [2.24, 2.45) is 0 Å². The summed E-state index contributed by atoms with van der Waals surface area (Å²) < 4.78 is 90.6. The molecule has 11 heteroatoms. The Balaban J connectivity index is 3.10. The molecule has 0 rings (SSSR count). The van der Waals surface area contributed by atoms with E-state index in [9.17, 15) is 26.3 Å². The van der Waals surface area contributed by atoms with E-state index >= 15 is 0 Å². The average molecular weight is 330 g/mol. The van der Waals surface area contributed by atoms with Crippen molar-refractivity contribution in [2.75, 3.05) is 52.9 Å². The molecule has 0 aliphatic heterocycles. The highest BCUT2D eigenvalue weighted by Crippen LogP contribution is 2.15. The summed E-state index contributed by atoms with van der Waals surface area (Å²) in [6.45, 7) is -1.29. The van der Waals surface area contributed by atoms with Crippen molar-refractivity contribution in [3.8, 4) is 0 Å². The quantitative estimate of drug-likeness (QED) is 0.405. The lowest BCUT2D eigenvalue weighted by Crippen LogP contribution is -2.19. The van der Waals surface area contributed by atoms with Crippen molar-refractivity contribution in [3.63, 3.8) is 0 Å². The van der Waals surface area contributed by atoms with Gasteiger partial charge in [-0.15, -0.1) is 26.3 Å². The molecule has 0 aromatic carbocycles. The normalized spacial score (nSPS) is 12.9. The fourth-order valence-electron chi connectivity index (χ4n) is 0.975. The number of halogens is 6. The van der Waals surface area contributed by atoms with Crippen LogP contribution in [0.5, 0.6) is 0 Å². The Labute approximate surface area is 117 Å². The molecule has 0 bridgehead atoms. The molecule has 128 valence electrons. The van der Waals surface area contributed by atoms with E-state index in [2.05, 4.69) is 9.47 Å². The smallest absolute Gasteiger partial charge is 0.377 e. The van der Waals surface area contributed by atoms with Gasteiger partial charge >= 0.3 is 12.7 Å². The predicted molar refractivity (Wildman–Crippen MR) is 56.5 cm³/mol. The van der Waals surface area contributed by atoms with Gasteiger partial charge in [-0.2, -0.15) is 0 Å². The van der Waals surface area contributed by atoms with E-state index in [1.807, 2.05) is 0 Å². The van der Waals surface area contributed by atoms with Gasteiger partial charge < -0.3 is 14.2 Å². The van der Waals surface area contributed by atoms with Crippen LogP contribution in [0.2, 0.25) is 0 Å². The Hall–Kier alpha value is -0.620. The minimum Gasteiger partial charge on any atom is -0.377 e. The van der Waals surface area contributed by atoms with E-state index in [0.29, 0.717) is 0 Å². The Morgan fingerprint density at radius 2 is 0.667 bits per heavy atom. The molecule has 0 atom stereocenters. The lowest BCUT2D eigenvalue weighted by atomic mass is 10.7. The summed E-state index contributed by atoms with van der Waals surface area (Å²) in [6, 6.07) is 0. The van der Waals surface area contributed by atoms with Crippen molar-refractivity contribution < 1.29 is 50.0 Å². The molecule has 0 heterocycles. The second-order valence-corrected chi connectivity index (χ2v) is 3.43. The molecule has 0 aromatic heterocycles. The molecule has 0 saturated heterocycles. The number of alkyl halides is 6. The lowest BCUT2D eigenvalue weighted by molar-refractivity contribution is -0.327. The first-order chi connectivity index (χ1) is 9.71. The molecule has 0 N–H and O–H groups in total. The molecule has 0 aliphatic rings. The van der Waals surface area contributed by atoms with E-state index in [-0.39, 0.29) is 39.6 Å². The van der Waals surface area contributed by atoms with Gasteiger partial charge in [0.15, 0.2) is 0 Å². The van der Waals surface area contributed by atoms with E-state index in [1.165, 1.54) is 0 Å². The van der Waals surface area contributed by atoms with Gasteiger partial charge in [-0.25, -0.2) is 0 Å². The Morgan fingerprint density at radius 1 is 0.429 bits per heavy atom. The van der Waals surface area contributed by atoms with Gasteiger partial charge in [-0.05, 0) is 0 Å². The highest BCUT2D eigenvalue weighted by molar-refractivity contribution is 4.36. The van der Waals surface area contributed by atoms with Crippen molar-refractivity contribution in [1.29, 1.82) is 0 Å². The molecular weight excluding hydrogens is 314 g/mol. The minimum atomic E-state index is -4.67. The van der Waals surface area contributed by atoms with Gasteiger partial charge in [0.1, 0.15) is 0 Å². The maximum absolute atomic E-state index is 11.5. The SMILES string of the molecule is FC(F)(F)OCCOCCOCCOCCOC(F)(F)F. The lowest BCUT2D eigenvalue weighted by Gasteiger charge is -2.09. The molecule has 5 nitrogen and oxygen atoms in total. The van der Waals surface area contributed by atoms with Crippen molar-refractivity contribution in [1.82, 2.24) is 0 Å². The van der Waals surface area contributed by atoms with Crippen LogP contribution in [0.4, 0.5) is 26.3 Å². The fraction of sp³-hybridized carbons (Fsp3) is 1.00. The number of hydrogen-bond acceptors (Lipinski definition) is 5. The standard InChI is InChI=1S/C10H16F6O5/c11-9(12,13)20-7-5-18-3-1-17-2-4-19-6-8-21-10(14,15)16/h1-8H2. The van der Waals surface area contributed by atoms with Gasteiger partial charge in [0.05, 0.1) is 52.9 Å². The summed E-state index contributed by atoms with van der Waals surface area (Å²) in [6.07, 6.45) is -9.35. The molecule has 0 aromatic rings. The van der Waals surface area contributed by atoms with Crippen LogP contribution in [-0.2, 0) is 23.7 Å². The van der Waals surface area contributed by atoms with Crippen LogP contribution in [0, 0.1) is 0 Å². The summed E-state index contributed by atoms with van der Waals surface area (Å²) in [7, 11) is 0. The Kier molecular flexibility index (Phi) is 10.7. The fourth-order valence-corrected chi connectivity index (χ4v) is 0.975. The first kappa shape index (κ1) is 20.4. The highest BCUT2D eigenvalue weighted by atomic mass is 19.4. The second-order valence-electron chi connectivity index (χ2n) is 3.43. The minimum absolute atomic E-state index is 0.0679. The first-order valence-electron chi connectivity index (χ1n) is 5.85. The monoisotopic (exact) mass is 330 g/mol. The molecule has 0 aliphatic carbocycles. The third-order valence-corrected chi connectivity index (χ3v) is 1.73. The number of hydrogen-bond donors (Lipinski definition) is 0. The van der Waals surface area contributed by atoms with Crippen LogP contribution in [0.1, 0.15) is 0 Å². The maximum atomic E-state index is 11.5. The highest BCUT2D eigenvalue weighted by Gasteiger charge is 2.29.